The van der Waals surface area contributed by atoms with Gasteiger partial charge in [-0.15, -0.1) is 26.3 Å². The van der Waals surface area contributed by atoms with E-state index in [2.05, 4.69) is 14.4 Å². The molecule has 0 saturated carbocycles. The van der Waals surface area contributed by atoms with Crippen LogP contribution in [0.1, 0.15) is 35.4 Å². The highest BCUT2D eigenvalue weighted by Gasteiger charge is 2.42. The first-order valence-electron chi connectivity index (χ1n) is 13.2. The zero-order valence-electron chi connectivity index (χ0n) is 22.8. The van der Waals surface area contributed by atoms with Gasteiger partial charge in [-0.3, -0.25) is 4.90 Å². The van der Waals surface area contributed by atoms with Gasteiger partial charge in [0.1, 0.15) is 23.9 Å². The van der Waals surface area contributed by atoms with E-state index in [1.807, 2.05) is 24.3 Å². The number of methoxy groups -OCH3 is 1. The Morgan fingerprint density at radius 2 is 1.17 bits per heavy atom. The molecular weight excluding hydrogens is 568 g/mol. The fourth-order valence-electron chi connectivity index (χ4n) is 5.12. The van der Waals surface area contributed by atoms with Crippen molar-refractivity contribution >= 4 is 0 Å². The molecular formula is C30H31F6NO5. The number of halogens is 6. The Morgan fingerprint density at radius 3 is 1.60 bits per heavy atom. The number of hydrogen-bond acceptors (Lipinski definition) is 6. The lowest BCUT2D eigenvalue weighted by Gasteiger charge is -2.43. The van der Waals surface area contributed by atoms with Crippen LogP contribution < -0.4 is 14.2 Å². The summed E-state index contributed by atoms with van der Waals surface area (Å²) in [5.41, 5.74) is 0.716. The zero-order valence-corrected chi connectivity index (χ0v) is 22.8. The van der Waals surface area contributed by atoms with E-state index in [1.54, 1.807) is 7.11 Å². The van der Waals surface area contributed by atoms with E-state index in [0.717, 1.165) is 35.6 Å². The lowest BCUT2D eigenvalue weighted by atomic mass is 9.72. The lowest BCUT2D eigenvalue weighted by molar-refractivity contribution is -0.275. The smallest absolute Gasteiger partial charge is 0.491 e. The molecule has 42 heavy (non-hydrogen) atoms. The second-order valence-corrected chi connectivity index (χ2v) is 10.0. The second-order valence-electron chi connectivity index (χ2n) is 10.0. The van der Waals surface area contributed by atoms with Crippen LogP contribution in [0, 0.1) is 0 Å². The van der Waals surface area contributed by atoms with E-state index in [4.69, 9.17) is 9.47 Å². The van der Waals surface area contributed by atoms with Crippen LogP contribution in [0.15, 0.2) is 72.8 Å². The number of hydrogen-bond donors (Lipinski definition) is 1. The molecule has 0 spiro atoms. The van der Waals surface area contributed by atoms with Gasteiger partial charge in [0.15, 0.2) is 0 Å². The number of benzene rings is 3. The Bertz CT molecular complexity index is 1200. The summed E-state index contributed by atoms with van der Waals surface area (Å²) in [7, 11) is 1.60. The summed E-state index contributed by atoms with van der Waals surface area (Å²) in [6, 6.07) is 18.0. The molecule has 0 radical (unpaired) electrons. The van der Waals surface area contributed by atoms with E-state index in [9.17, 15) is 31.4 Å². The van der Waals surface area contributed by atoms with Crippen LogP contribution in [-0.2, 0) is 11.3 Å². The van der Waals surface area contributed by atoms with Gasteiger partial charge in [-0.1, -0.05) is 36.4 Å². The molecule has 1 aliphatic heterocycles. The molecule has 1 fully saturated rings. The van der Waals surface area contributed by atoms with Crippen LogP contribution in [0.5, 0.6) is 17.2 Å². The molecule has 3 aromatic rings. The van der Waals surface area contributed by atoms with E-state index in [1.165, 1.54) is 24.3 Å². The molecule has 4 rings (SSSR count). The molecule has 6 nitrogen and oxygen atoms in total. The predicted molar refractivity (Wildman–Crippen MR) is 141 cm³/mol. The van der Waals surface area contributed by atoms with E-state index in [-0.39, 0.29) is 0 Å². The first-order valence-corrected chi connectivity index (χ1v) is 13.2. The molecule has 1 heterocycles. The van der Waals surface area contributed by atoms with Gasteiger partial charge in [0.2, 0.25) is 0 Å². The first-order chi connectivity index (χ1) is 19.8. The highest BCUT2D eigenvalue weighted by Crippen LogP contribution is 2.43. The third-order valence-corrected chi connectivity index (χ3v) is 7.04. The maximum Gasteiger partial charge on any atom is 0.573 e. The van der Waals surface area contributed by atoms with E-state index >= 15 is 0 Å². The number of rotatable bonds is 11. The zero-order chi connectivity index (χ0) is 30.4. The van der Waals surface area contributed by atoms with E-state index in [0.29, 0.717) is 56.8 Å². The topological polar surface area (TPSA) is 60.4 Å². The van der Waals surface area contributed by atoms with Gasteiger partial charge in [0, 0.05) is 32.7 Å². The molecule has 3 aromatic carbocycles. The minimum Gasteiger partial charge on any atom is -0.491 e. The van der Waals surface area contributed by atoms with Gasteiger partial charge >= 0.3 is 12.7 Å². The van der Waals surface area contributed by atoms with Gasteiger partial charge < -0.3 is 24.1 Å². The number of piperidine rings is 1. The molecule has 1 N–H and O–H groups in total. The summed E-state index contributed by atoms with van der Waals surface area (Å²) in [4.78, 5) is 2.17. The monoisotopic (exact) mass is 599 g/mol. The number of likely N-dealkylation sites (tertiary alicyclic amines) is 1. The predicted octanol–water partition coefficient (Wildman–Crippen LogP) is 6.67. The van der Waals surface area contributed by atoms with Gasteiger partial charge in [-0.05, 0) is 65.9 Å². The van der Waals surface area contributed by atoms with Crippen molar-refractivity contribution in [3.05, 3.63) is 89.5 Å². The molecule has 0 atom stereocenters. The molecule has 1 aliphatic rings. The minimum absolute atomic E-state index is 0.317. The van der Waals surface area contributed by atoms with Crippen molar-refractivity contribution in [2.45, 2.75) is 43.6 Å². The van der Waals surface area contributed by atoms with Crippen molar-refractivity contribution in [2.75, 3.05) is 33.4 Å². The standard InChI is InChI=1S/C30H31F6NO5/c1-39-18-19-40-24-8-2-21(3-9-24)20-37-16-14-28(38,15-17-37)27(22-4-10-25(11-5-22)41-29(31,32)33)23-6-12-26(13-7-23)42-30(34,35)36/h2-13,27,38H,14-20H2,1H3. The van der Waals surface area contributed by atoms with Crippen molar-refractivity contribution in [1.82, 2.24) is 4.90 Å². The minimum atomic E-state index is -4.86. The van der Waals surface area contributed by atoms with Gasteiger partial charge in [-0.2, -0.15) is 0 Å². The molecule has 1 saturated heterocycles. The highest BCUT2D eigenvalue weighted by molar-refractivity contribution is 5.41. The van der Waals surface area contributed by atoms with Crippen LogP contribution in [-0.4, -0.2) is 61.7 Å². The Balaban J connectivity index is 1.50. The normalized spacial score (nSPS) is 15.9. The third-order valence-electron chi connectivity index (χ3n) is 7.04. The van der Waals surface area contributed by atoms with Gasteiger partial charge in [0.05, 0.1) is 12.2 Å². The molecule has 12 heteroatoms. The number of aliphatic hydroxyl groups is 1. The van der Waals surface area contributed by atoms with Crippen LogP contribution >= 0.6 is 0 Å². The first kappa shape index (κ1) is 31.5. The summed E-state index contributed by atoms with van der Waals surface area (Å²) in [5, 5.41) is 11.9. The fraction of sp³-hybridized carbons (Fsp3) is 0.400. The second kappa shape index (κ2) is 13.2. The summed E-state index contributed by atoms with van der Waals surface area (Å²) in [6.45, 7) is 2.59. The average Bonchev–Trinajstić information content (AvgIpc) is 2.92. The quantitative estimate of drug-likeness (QED) is 0.196. The van der Waals surface area contributed by atoms with Crippen LogP contribution in [0.4, 0.5) is 26.3 Å². The number of ether oxygens (including phenoxy) is 4. The number of alkyl halides is 6. The van der Waals surface area contributed by atoms with E-state index < -0.39 is 35.7 Å². The summed E-state index contributed by atoms with van der Waals surface area (Å²) >= 11 is 0. The molecule has 0 bridgehead atoms. The SMILES string of the molecule is COCCOc1ccc(CN2CCC(O)(C(c3ccc(OC(F)(F)F)cc3)c3ccc(OC(F)(F)F)cc3)CC2)cc1. The molecule has 228 valence electrons. The lowest BCUT2D eigenvalue weighted by Crippen LogP contribution is -2.48. The molecule has 0 unspecified atom stereocenters. The van der Waals surface area contributed by atoms with Crippen molar-refractivity contribution in [1.29, 1.82) is 0 Å². The van der Waals surface area contributed by atoms with Crippen molar-refractivity contribution in [2.24, 2.45) is 0 Å². The highest BCUT2D eigenvalue weighted by atomic mass is 19.4. The Hall–Kier alpha value is -3.48. The maximum atomic E-state index is 12.7. The molecule has 0 aromatic heterocycles. The van der Waals surface area contributed by atoms with Crippen molar-refractivity contribution < 1.29 is 50.4 Å². The van der Waals surface area contributed by atoms with Crippen LogP contribution in [0.2, 0.25) is 0 Å². The van der Waals surface area contributed by atoms with Crippen molar-refractivity contribution in [3.63, 3.8) is 0 Å². The van der Waals surface area contributed by atoms with Crippen LogP contribution in [0.3, 0.4) is 0 Å². The summed E-state index contributed by atoms with van der Waals surface area (Å²) in [5.74, 6) is -0.847. The molecule has 0 aliphatic carbocycles. The average molecular weight is 600 g/mol. The van der Waals surface area contributed by atoms with Crippen LogP contribution in [0.25, 0.3) is 0 Å². The summed E-state index contributed by atoms with van der Waals surface area (Å²) in [6.07, 6.45) is -9.09. The fourth-order valence-corrected chi connectivity index (χ4v) is 5.12. The Morgan fingerprint density at radius 1 is 0.714 bits per heavy atom. The maximum absolute atomic E-state index is 12.7. The Labute approximate surface area is 239 Å². The van der Waals surface area contributed by atoms with Gasteiger partial charge in [0.25, 0.3) is 0 Å². The molecule has 0 amide bonds. The van der Waals surface area contributed by atoms with Crippen molar-refractivity contribution in [3.8, 4) is 17.2 Å². The van der Waals surface area contributed by atoms with Gasteiger partial charge in [-0.25, -0.2) is 0 Å². The number of nitrogens with zero attached hydrogens (tertiary/aromatic N) is 1. The third kappa shape index (κ3) is 9.01. The Kier molecular flexibility index (Phi) is 9.90. The summed E-state index contributed by atoms with van der Waals surface area (Å²) < 4.78 is 94.6. The largest absolute Gasteiger partial charge is 0.573 e.